The number of carboxylic acids is 1. The Morgan fingerprint density at radius 3 is 2.45 bits per heavy atom. The van der Waals surface area contributed by atoms with Gasteiger partial charge in [-0.25, -0.2) is 4.79 Å². The number of aliphatic carboxylic acids is 1. The first kappa shape index (κ1) is 18.4. The van der Waals surface area contributed by atoms with Crippen LogP contribution in [-0.2, 0) is 14.3 Å². The van der Waals surface area contributed by atoms with Crippen molar-refractivity contribution in [1.29, 1.82) is 0 Å². The van der Waals surface area contributed by atoms with Gasteiger partial charge in [0, 0.05) is 11.5 Å². The molecule has 0 aliphatic carbocycles. The van der Waals surface area contributed by atoms with Crippen molar-refractivity contribution in [2.45, 2.75) is 52.4 Å². The van der Waals surface area contributed by atoms with Crippen LogP contribution in [0.2, 0.25) is 0 Å². The smallest absolute Gasteiger partial charge is 0.331 e. The number of rotatable bonds is 11. The quantitative estimate of drug-likeness (QED) is 0.354. The van der Waals surface area contributed by atoms with Crippen LogP contribution < -0.4 is 0 Å². The van der Waals surface area contributed by atoms with Crippen LogP contribution in [0.15, 0.2) is 25.0 Å². The van der Waals surface area contributed by atoms with Crippen molar-refractivity contribution in [2.24, 2.45) is 11.8 Å². The average molecular weight is 282 g/mol. The third-order valence-corrected chi connectivity index (χ3v) is 3.56. The molecular formula is C16H26O4. The lowest BCUT2D eigenvalue weighted by Crippen LogP contribution is -2.19. The minimum Gasteiger partial charge on any atom is -0.478 e. The Kier molecular flexibility index (Phi) is 9.43. The molecule has 2 unspecified atom stereocenters. The second kappa shape index (κ2) is 10.2. The molecule has 0 aromatic carbocycles. The van der Waals surface area contributed by atoms with Gasteiger partial charge < -0.3 is 9.84 Å². The van der Waals surface area contributed by atoms with Gasteiger partial charge in [0.05, 0.1) is 12.7 Å². The second-order valence-corrected chi connectivity index (χ2v) is 5.04. The third-order valence-electron chi connectivity index (χ3n) is 3.56. The summed E-state index contributed by atoms with van der Waals surface area (Å²) in [6, 6.07) is 0. The average Bonchev–Trinajstić information content (AvgIpc) is 2.41. The topological polar surface area (TPSA) is 63.6 Å². The van der Waals surface area contributed by atoms with Crippen LogP contribution in [-0.4, -0.2) is 17.0 Å². The van der Waals surface area contributed by atoms with Crippen molar-refractivity contribution in [1.82, 2.24) is 0 Å². The Balaban J connectivity index is 4.73. The highest BCUT2D eigenvalue weighted by Gasteiger charge is 2.25. The molecule has 4 heteroatoms. The standard InChI is InChI=1S/C16H26O4/c1-5-8-9-13(6-2)10-14(12(4)16(18)19)11-15(17)20-7-3/h7,13-14H,3-6,8-11H2,1-2H3,(H,18,19). The summed E-state index contributed by atoms with van der Waals surface area (Å²) in [5.41, 5.74) is 0.0842. The SMILES string of the molecule is C=COC(=O)CC(CC(CC)CCCC)C(=C)C(=O)O. The lowest BCUT2D eigenvalue weighted by molar-refractivity contribution is -0.139. The maximum Gasteiger partial charge on any atom is 0.331 e. The van der Waals surface area contributed by atoms with Crippen molar-refractivity contribution in [3.8, 4) is 0 Å². The van der Waals surface area contributed by atoms with E-state index in [4.69, 9.17) is 5.11 Å². The van der Waals surface area contributed by atoms with Crippen LogP contribution >= 0.6 is 0 Å². The molecule has 0 aromatic heterocycles. The molecule has 4 nitrogen and oxygen atoms in total. The van der Waals surface area contributed by atoms with Crippen molar-refractivity contribution < 1.29 is 19.4 Å². The molecule has 114 valence electrons. The molecule has 0 bridgehead atoms. The maximum absolute atomic E-state index is 11.5. The van der Waals surface area contributed by atoms with Crippen LogP contribution in [0.3, 0.4) is 0 Å². The maximum atomic E-state index is 11.5. The number of hydrogen-bond acceptors (Lipinski definition) is 3. The van der Waals surface area contributed by atoms with Gasteiger partial charge in [-0.3, -0.25) is 4.79 Å². The lowest BCUT2D eigenvalue weighted by atomic mass is 9.83. The van der Waals surface area contributed by atoms with Gasteiger partial charge in [-0.1, -0.05) is 52.7 Å². The van der Waals surface area contributed by atoms with E-state index >= 15 is 0 Å². The number of esters is 1. The highest BCUT2D eigenvalue weighted by molar-refractivity contribution is 5.87. The minimum absolute atomic E-state index is 0.0414. The fraction of sp³-hybridized carbons (Fsp3) is 0.625. The molecule has 20 heavy (non-hydrogen) atoms. The Morgan fingerprint density at radius 1 is 1.35 bits per heavy atom. The zero-order chi connectivity index (χ0) is 15.5. The number of hydrogen-bond donors (Lipinski definition) is 1. The van der Waals surface area contributed by atoms with E-state index in [-0.39, 0.29) is 17.9 Å². The van der Waals surface area contributed by atoms with E-state index in [1.165, 1.54) is 0 Å². The molecule has 0 heterocycles. The van der Waals surface area contributed by atoms with E-state index in [0.717, 1.165) is 31.9 Å². The molecular weight excluding hydrogens is 256 g/mol. The molecule has 0 aliphatic rings. The van der Waals surface area contributed by atoms with Crippen LogP contribution in [0, 0.1) is 11.8 Å². The molecule has 0 saturated heterocycles. The number of ether oxygens (including phenoxy) is 1. The van der Waals surface area contributed by atoms with E-state index in [9.17, 15) is 9.59 Å². The van der Waals surface area contributed by atoms with E-state index in [1.807, 2.05) is 0 Å². The fourth-order valence-corrected chi connectivity index (χ4v) is 2.25. The Bertz CT molecular complexity index is 346. The van der Waals surface area contributed by atoms with Crippen molar-refractivity contribution in [2.75, 3.05) is 0 Å². The molecule has 0 saturated carbocycles. The summed E-state index contributed by atoms with van der Waals surface area (Å²) in [4.78, 5) is 22.6. The zero-order valence-corrected chi connectivity index (χ0v) is 12.6. The van der Waals surface area contributed by atoms with Crippen LogP contribution in [0.4, 0.5) is 0 Å². The summed E-state index contributed by atoms with van der Waals surface area (Å²) in [7, 11) is 0. The largest absolute Gasteiger partial charge is 0.478 e. The van der Waals surface area contributed by atoms with E-state index < -0.39 is 11.9 Å². The van der Waals surface area contributed by atoms with Gasteiger partial charge >= 0.3 is 11.9 Å². The molecule has 0 spiro atoms. The fourth-order valence-electron chi connectivity index (χ4n) is 2.25. The zero-order valence-electron chi connectivity index (χ0n) is 12.6. The number of unbranched alkanes of at least 4 members (excludes halogenated alkanes) is 1. The van der Waals surface area contributed by atoms with Crippen molar-refractivity contribution in [3.63, 3.8) is 0 Å². The Hall–Kier alpha value is -1.58. The Labute approximate surface area is 121 Å². The number of carbonyl (C=O) groups is 2. The normalized spacial score (nSPS) is 13.3. The first-order valence-electron chi connectivity index (χ1n) is 7.18. The summed E-state index contributed by atoms with van der Waals surface area (Å²) in [5, 5.41) is 9.09. The van der Waals surface area contributed by atoms with E-state index in [1.54, 1.807) is 0 Å². The first-order valence-corrected chi connectivity index (χ1v) is 7.18. The predicted molar refractivity (Wildman–Crippen MR) is 79.1 cm³/mol. The van der Waals surface area contributed by atoms with E-state index in [0.29, 0.717) is 12.3 Å². The summed E-state index contributed by atoms with van der Waals surface area (Å²) >= 11 is 0. The van der Waals surface area contributed by atoms with Gasteiger partial charge in [0.25, 0.3) is 0 Å². The van der Waals surface area contributed by atoms with Gasteiger partial charge in [-0.05, 0) is 12.3 Å². The van der Waals surface area contributed by atoms with Crippen molar-refractivity contribution >= 4 is 11.9 Å². The summed E-state index contributed by atoms with van der Waals surface area (Å²) < 4.78 is 4.69. The van der Waals surface area contributed by atoms with Gasteiger partial charge in [0.2, 0.25) is 0 Å². The summed E-state index contributed by atoms with van der Waals surface area (Å²) in [6.45, 7) is 11.1. The molecule has 0 radical (unpaired) electrons. The molecule has 0 fully saturated rings. The highest BCUT2D eigenvalue weighted by Crippen LogP contribution is 2.28. The van der Waals surface area contributed by atoms with Gasteiger partial charge in [-0.15, -0.1) is 0 Å². The second-order valence-electron chi connectivity index (χ2n) is 5.04. The minimum atomic E-state index is -1.05. The number of carboxylic acid groups (broad SMARTS) is 1. The lowest BCUT2D eigenvalue weighted by Gasteiger charge is -2.22. The van der Waals surface area contributed by atoms with Gasteiger partial charge in [0.15, 0.2) is 0 Å². The highest BCUT2D eigenvalue weighted by atomic mass is 16.5. The van der Waals surface area contributed by atoms with Gasteiger partial charge in [0.1, 0.15) is 0 Å². The van der Waals surface area contributed by atoms with Gasteiger partial charge in [-0.2, -0.15) is 0 Å². The summed E-state index contributed by atoms with van der Waals surface area (Å²) in [5.74, 6) is -1.47. The Morgan fingerprint density at radius 2 is 2.00 bits per heavy atom. The molecule has 1 N–H and O–H groups in total. The van der Waals surface area contributed by atoms with Crippen LogP contribution in [0.5, 0.6) is 0 Å². The molecule has 2 atom stereocenters. The summed E-state index contributed by atoms with van der Waals surface area (Å²) in [6.07, 6.45) is 6.01. The molecule has 0 aromatic rings. The molecule has 0 aliphatic heterocycles. The number of carbonyl (C=O) groups excluding carboxylic acids is 1. The van der Waals surface area contributed by atoms with Crippen LogP contribution in [0.25, 0.3) is 0 Å². The third kappa shape index (κ3) is 7.12. The molecule has 0 rings (SSSR count). The molecule has 0 amide bonds. The van der Waals surface area contributed by atoms with Crippen molar-refractivity contribution in [3.05, 3.63) is 25.0 Å². The van der Waals surface area contributed by atoms with E-state index in [2.05, 4.69) is 31.7 Å². The predicted octanol–water partition coefficient (Wildman–Crippen LogP) is 3.93. The van der Waals surface area contributed by atoms with Crippen LogP contribution in [0.1, 0.15) is 52.4 Å². The first-order chi connectivity index (χ1) is 9.46. The monoisotopic (exact) mass is 282 g/mol.